The van der Waals surface area contributed by atoms with E-state index in [1.165, 1.54) is 0 Å². The molecule has 0 aliphatic heterocycles. The van der Waals surface area contributed by atoms with Gasteiger partial charge in [0.25, 0.3) is 0 Å². The number of hydrogen-bond acceptors (Lipinski definition) is 4. The van der Waals surface area contributed by atoms with Gasteiger partial charge in [0.1, 0.15) is 12.4 Å². The average Bonchev–Trinajstić information content (AvgIpc) is 2.78. The number of hydrogen-bond donors (Lipinski definition) is 1. The largest absolute Gasteiger partial charge is 0.497 e. The first-order valence-electron chi connectivity index (χ1n) is 9.45. The van der Waals surface area contributed by atoms with Gasteiger partial charge in [0.05, 0.1) is 13.2 Å². The normalized spacial score (nSPS) is 11.4. The van der Waals surface area contributed by atoms with Crippen LogP contribution in [0.15, 0.2) is 78.9 Å². The maximum absolute atomic E-state index is 12.8. The Kier molecular flexibility index (Phi) is 7.46. The zero-order chi connectivity index (χ0) is 21.3. The van der Waals surface area contributed by atoms with Gasteiger partial charge in [-0.3, -0.25) is 4.79 Å². The van der Waals surface area contributed by atoms with Crippen LogP contribution in [0.5, 0.6) is 5.75 Å². The molecule has 0 spiro atoms. The van der Waals surface area contributed by atoms with E-state index < -0.39 is 12.1 Å². The van der Waals surface area contributed by atoms with Crippen LogP contribution in [0.3, 0.4) is 0 Å². The van der Waals surface area contributed by atoms with Gasteiger partial charge in [-0.1, -0.05) is 54.1 Å². The minimum atomic E-state index is -0.596. The van der Waals surface area contributed by atoms with Crippen molar-refractivity contribution in [2.75, 3.05) is 7.11 Å². The summed E-state index contributed by atoms with van der Waals surface area (Å²) in [4.78, 5) is 25.2. The Morgan fingerprint density at radius 2 is 1.60 bits per heavy atom. The Hall–Kier alpha value is -3.31. The molecule has 5 nitrogen and oxygen atoms in total. The van der Waals surface area contributed by atoms with Crippen LogP contribution in [-0.2, 0) is 11.3 Å². The number of carbonyl (C=O) groups excluding carboxylic acids is 2. The first-order valence-corrected chi connectivity index (χ1v) is 9.83. The van der Waals surface area contributed by atoms with E-state index in [9.17, 15) is 9.59 Å². The van der Waals surface area contributed by atoms with E-state index in [-0.39, 0.29) is 18.8 Å². The quantitative estimate of drug-likeness (QED) is 0.480. The lowest BCUT2D eigenvalue weighted by Crippen LogP contribution is -2.30. The van der Waals surface area contributed by atoms with Gasteiger partial charge in [-0.15, -0.1) is 0 Å². The number of rotatable bonds is 8. The Morgan fingerprint density at radius 1 is 0.933 bits per heavy atom. The number of ketones is 1. The summed E-state index contributed by atoms with van der Waals surface area (Å²) in [6.45, 7) is 0.145. The molecular weight excluding hydrogens is 402 g/mol. The number of carbonyl (C=O) groups is 2. The van der Waals surface area contributed by atoms with Crippen LogP contribution in [-0.4, -0.2) is 19.0 Å². The second kappa shape index (κ2) is 10.5. The topological polar surface area (TPSA) is 64.6 Å². The number of amides is 1. The first-order chi connectivity index (χ1) is 14.5. The molecule has 0 radical (unpaired) electrons. The molecule has 0 aromatic heterocycles. The standard InChI is InChI=1S/C24H22ClNO4/c1-29-21-13-9-19(10-14-21)23(27)15-22(18-7-11-20(25)12-8-18)26-24(28)30-16-17-5-3-2-4-6-17/h2-14,22H,15-16H2,1H3,(H,26,28). The van der Waals surface area contributed by atoms with E-state index >= 15 is 0 Å². The van der Waals surface area contributed by atoms with Gasteiger partial charge >= 0.3 is 6.09 Å². The smallest absolute Gasteiger partial charge is 0.407 e. The summed E-state index contributed by atoms with van der Waals surface area (Å²) in [5.41, 5.74) is 2.18. The van der Waals surface area contributed by atoms with Crippen LogP contribution in [0.1, 0.15) is 33.9 Å². The molecule has 0 bridgehead atoms. The van der Waals surface area contributed by atoms with Crippen molar-refractivity contribution in [3.05, 3.63) is 101 Å². The van der Waals surface area contributed by atoms with Crippen molar-refractivity contribution in [2.24, 2.45) is 0 Å². The van der Waals surface area contributed by atoms with Crippen LogP contribution < -0.4 is 10.1 Å². The number of alkyl carbamates (subject to hydrolysis) is 1. The molecule has 1 amide bonds. The van der Waals surface area contributed by atoms with E-state index in [1.807, 2.05) is 30.3 Å². The van der Waals surface area contributed by atoms with E-state index in [0.29, 0.717) is 16.3 Å². The fraction of sp³-hybridized carbons (Fsp3) is 0.167. The minimum absolute atomic E-state index is 0.0778. The van der Waals surface area contributed by atoms with Gasteiger partial charge in [0.2, 0.25) is 0 Å². The van der Waals surface area contributed by atoms with Gasteiger partial charge in [-0.25, -0.2) is 4.79 Å². The average molecular weight is 424 g/mol. The van der Waals surface area contributed by atoms with Crippen LogP contribution in [0.4, 0.5) is 4.79 Å². The van der Waals surface area contributed by atoms with Crippen molar-refractivity contribution in [1.82, 2.24) is 5.32 Å². The summed E-state index contributed by atoms with van der Waals surface area (Å²) in [6.07, 6.45) is -0.518. The summed E-state index contributed by atoms with van der Waals surface area (Å²) in [7, 11) is 1.57. The molecule has 6 heteroatoms. The molecule has 30 heavy (non-hydrogen) atoms. The molecule has 0 fully saturated rings. The number of ether oxygens (including phenoxy) is 2. The highest BCUT2D eigenvalue weighted by Crippen LogP contribution is 2.23. The molecule has 0 saturated heterocycles. The van der Waals surface area contributed by atoms with E-state index in [0.717, 1.165) is 11.1 Å². The van der Waals surface area contributed by atoms with Gasteiger partial charge in [-0.2, -0.15) is 0 Å². The lowest BCUT2D eigenvalue weighted by molar-refractivity contribution is 0.0963. The minimum Gasteiger partial charge on any atom is -0.497 e. The number of nitrogens with one attached hydrogen (secondary N) is 1. The SMILES string of the molecule is COc1ccc(C(=O)CC(NC(=O)OCc2ccccc2)c2ccc(Cl)cc2)cc1. The lowest BCUT2D eigenvalue weighted by atomic mass is 9.98. The van der Waals surface area contributed by atoms with Crippen LogP contribution >= 0.6 is 11.6 Å². The third kappa shape index (κ3) is 6.09. The van der Waals surface area contributed by atoms with Crippen molar-refractivity contribution < 1.29 is 19.1 Å². The number of benzene rings is 3. The fourth-order valence-electron chi connectivity index (χ4n) is 2.93. The van der Waals surface area contributed by atoms with Gasteiger partial charge in [-0.05, 0) is 47.5 Å². The molecule has 3 aromatic carbocycles. The van der Waals surface area contributed by atoms with Crippen molar-refractivity contribution in [3.8, 4) is 5.75 Å². The summed E-state index contributed by atoms with van der Waals surface area (Å²) in [5.74, 6) is 0.560. The third-order valence-corrected chi connectivity index (χ3v) is 4.83. The molecular formula is C24H22ClNO4. The predicted molar refractivity (Wildman–Crippen MR) is 116 cm³/mol. The van der Waals surface area contributed by atoms with Crippen molar-refractivity contribution in [3.63, 3.8) is 0 Å². The number of Topliss-reactive ketones (excluding diaryl/α,β-unsaturated/α-hetero) is 1. The zero-order valence-electron chi connectivity index (χ0n) is 16.5. The molecule has 3 rings (SSSR count). The molecule has 0 aliphatic rings. The molecule has 0 aliphatic carbocycles. The summed E-state index contributed by atoms with van der Waals surface area (Å²) in [5, 5.41) is 3.37. The van der Waals surface area contributed by atoms with Crippen molar-refractivity contribution in [1.29, 1.82) is 0 Å². The predicted octanol–water partition coefficient (Wildman–Crippen LogP) is 5.59. The fourth-order valence-corrected chi connectivity index (χ4v) is 3.06. The van der Waals surface area contributed by atoms with Crippen LogP contribution in [0.25, 0.3) is 0 Å². The molecule has 1 unspecified atom stereocenters. The van der Waals surface area contributed by atoms with Crippen LogP contribution in [0, 0.1) is 0 Å². The molecule has 154 valence electrons. The highest BCUT2D eigenvalue weighted by molar-refractivity contribution is 6.30. The maximum atomic E-state index is 12.8. The van der Waals surface area contributed by atoms with E-state index in [4.69, 9.17) is 21.1 Å². The highest BCUT2D eigenvalue weighted by Gasteiger charge is 2.20. The summed E-state index contributed by atoms with van der Waals surface area (Å²) in [6, 6.07) is 22.7. The third-order valence-electron chi connectivity index (χ3n) is 4.58. The summed E-state index contributed by atoms with van der Waals surface area (Å²) < 4.78 is 10.4. The van der Waals surface area contributed by atoms with Gasteiger partial charge in [0.15, 0.2) is 5.78 Å². The Morgan fingerprint density at radius 3 is 2.23 bits per heavy atom. The second-order valence-electron chi connectivity index (χ2n) is 6.67. The highest BCUT2D eigenvalue weighted by atomic mass is 35.5. The zero-order valence-corrected chi connectivity index (χ0v) is 17.3. The lowest BCUT2D eigenvalue weighted by Gasteiger charge is -2.19. The van der Waals surface area contributed by atoms with Gasteiger partial charge < -0.3 is 14.8 Å². The van der Waals surface area contributed by atoms with Gasteiger partial charge in [0, 0.05) is 17.0 Å². The molecule has 3 aromatic rings. The van der Waals surface area contributed by atoms with E-state index in [2.05, 4.69) is 5.32 Å². The monoisotopic (exact) mass is 423 g/mol. The summed E-state index contributed by atoms with van der Waals surface area (Å²) >= 11 is 5.98. The first kappa shape index (κ1) is 21.4. The Balaban J connectivity index is 1.70. The van der Waals surface area contributed by atoms with Crippen molar-refractivity contribution in [2.45, 2.75) is 19.1 Å². The molecule has 1 N–H and O–H groups in total. The molecule has 0 heterocycles. The number of methoxy groups -OCH3 is 1. The number of halogens is 1. The van der Waals surface area contributed by atoms with E-state index in [1.54, 1.807) is 55.6 Å². The Labute approximate surface area is 180 Å². The Bertz CT molecular complexity index is 972. The van der Waals surface area contributed by atoms with Crippen LogP contribution in [0.2, 0.25) is 5.02 Å². The van der Waals surface area contributed by atoms with Crippen molar-refractivity contribution >= 4 is 23.5 Å². The molecule has 1 atom stereocenters. The second-order valence-corrected chi connectivity index (χ2v) is 7.10. The molecule has 0 saturated carbocycles. The maximum Gasteiger partial charge on any atom is 0.407 e.